The highest BCUT2D eigenvalue weighted by atomic mass is 19.1. The van der Waals surface area contributed by atoms with Crippen molar-refractivity contribution in [3.05, 3.63) is 77.9 Å². The lowest BCUT2D eigenvalue weighted by Gasteiger charge is -2.40. The van der Waals surface area contributed by atoms with E-state index in [1.165, 1.54) is 0 Å². The van der Waals surface area contributed by atoms with Crippen LogP contribution in [0.2, 0.25) is 0 Å². The lowest BCUT2D eigenvalue weighted by molar-refractivity contribution is -0.139. The van der Waals surface area contributed by atoms with Gasteiger partial charge in [-0.05, 0) is 64.2 Å². The summed E-state index contributed by atoms with van der Waals surface area (Å²) >= 11 is 0. The van der Waals surface area contributed by atoms with Crippen LogP contribution in [0.1, 0.15) is 86.7 Å². The van der Waals surface area contributed by atoms with Crippen LogP contribution in [0.25, 0.3) is 16.6 Å². The number of likely N-dealkylation sites (tertiary alicyclic amines) is 1. The van der Waals surface area contributed by atoms with Gasteiger partial charge in [0, 0.05) is 74.3 Å². The lowest BCUT2D eigenvalue weighted by Crippen LogP contribution is -2.49. The molecule has 15 nitrogen and oxygen atoms in total. The first-order valence-electron chi connectivity index (χ1n) is 19.2. The van der Waals surface area contributed by atoms with Gasteiger partial charge >= 0.3 is 0 Å². The Kier molecular flexibility index (Phi) is 10.1. The number of nitrogens with zero attached hydrogens (tertiary/aromatic N) is 7. The number of nitrogens with one attached hydrogen (secondary N) is 2. The molecule has 2 aromatic carbocycles. The third kappa shape index (κ3) is 7.75. The quantitative estimate of drug-likeness (QED) is 0.181. The fraction of sp³-hybridized carbons (Fsp3) is 0.425. The molecular weight excluding hydrogens is 740 g/mol. The van der Waals surface area contributed by atoms with Gasteiger partial charge in [0.05, 0.1) is 53.0 Å². The summed E-state index contributed by atoms with van der Waals surface area (Å²) < 4.78 is 40.0. The van der Waals surface area contributed by atoms with Crippen molar-refractivity contribution in [1.82, 2.24) is 34.6 Å². The smallest absolute Gasteiger partial charge is 0.259 e. The number of aromatic nitrogens is 5. The van der Waals surface area contributed by atoms with E-state index < -0.39 is 35.0 Å². The van der Waals surface area contributed by atoms with Gasteiger partial charge in [0.25, 0.3) is 5.91 Å². The van der Waals surface area contributed by atoms with Crippen LogP contribution < -0.4 is 20.3 Å². The molecule has 0 spiro atoms. The van der Waals surface area contributed by atoms with Gasteiger partial charge in [0.2, 0.25) is 17.7 Å². The van der Waals surface area contributed by atoms with E-state index in [9.17, 15) is 24.3 Å². The van der Waals surface area contributed by atoms with Crippen molar-refractivity contribution in [2.75, 3.05) is 36.4 Å². The molecule has 0 aliphatic carbocycles. The number of rotatable bonds is 9. The minimum atomic E-state index is -1.30. The SMILES string of the molecule is CC(C)Oc1cc2nn(C3CCN(C(=O)CC4(O)CCN(c5cc(F)c(C6CCC(=O)NC6=O)cc5F)CC4)CC3)cc2cc1C(=O)Nc1cnn2cccnc12. The molecule has 57 heavy (non-hydrogen) atoms. The second kappa shape index (κ2) is 15.2. The van der Waals surface area contributed by atoms with E-state index in [0.717, 1.165) is 17.5 Å². The standard InChI is InChI=1S/C40H43F2N9O6/c1-23(2)57-34-19-31-24(16-28(34)39(55)45-32-21-44-50-11-3-10-43-37(32)50)22-51(47-31)25-6-12-49(13-7-25)36(53)20-40(56)8-14-48(15-9-40)33-18-29(41)27(17-30(33)42)26-4-5-35(52)46-38(26)54/h3,10-11,16-19,21-23,25-26,56H,4-9,12-15,20H2,1-2H3,(H,45,55)(H,46,52,54). The highest BCUT2D eigenvalue weighted by Crippen LogP contribution is 2.36. The summed E-state index contributed by atoms with van der Waals surface area (Å²) in [6, 6.07) is 7.35. The third-order valence-corrected chi connectivity index (χ3v) is 11.1. The van der Waals surface area contributed by atoms with Gasteiger partial charge in [-0.3, -0.25) is 29.2 Å². The Morgan fingerprint density at radius 3 is 2.56 bits per heavy atom. The zero-order chi connectivity index (χ0) is 40.0. The molecule has 3 aliphatic heterocycles. The second-order valence-corrected chi connectivity index (χ2v) is 15.4. The zero-order valence-electron chi connectivity index (χ0n) is 31.6. The van der Waals surface area contributed by atoms with Crippen LogP contribution in [-0.2, 0) is 14.4 Å². The van der Waals surface area contributed by atoms with Crippen LogP contribution >= 0.6 is 0 Å². The Morgan fingerprint density at radius 1 is 1.05 bits per heavy atom. The number of halogens is 2. The van der Waals surface area contributed by atoms with Gasteiger partial charge in [0.15, 0.2) is 5.65 Å². The molecule has 1 atom stereocenters. The summed E-state index contributed by atoms with van der Waals surface area (Å²) in [4.78, 5) is 58.5. The zero-order valence-corrected chi connectivity index (χ0v) is 31.6. The number of hydrogen-bond acceptors (Lipinski definition) is 10. The fourth-order valence-corrected chi connectivity index (χ4v) is 8.06. The molecule has 0 bridgehead atoms. The Bertz CT molecular complexity index is 2380. The number of fused-ring (bicyclic) bond motifs is 2. The minimum Gasteiger partial charge on any atom is -0.490 e. The van der Waals surface area contributed by atoms with Gasteiger partial charge < -0.3 is 25.0 Å². The Morgan fingerprint density at radius 2 is 1.82 bits per heavy atom. The van der Waals surface area contributed by atoms with Crippen molar-refractivity contribution in [1.29, 1.82) is 0 Å². The number of benzene rings is 2. The average molecular weight is 784 g/mol. The van der Waals surface area contributed by atoms with Gasteiger partial charge in [-0.2, -0.15) is 10.2 Å². The first-order chi connectivity index (χ1) is 27.3. The number of ether oxygens (including phenoxy) is 1. The van der Waals surface area contributed by atoms with Crippen molar-refractivity contribution in [2.45, 2.75) is 82.5 Å². The topological polar surface area (TPSA) is 176 Å². The molecule has 3 N–H and O–H groups in total. The first-order valence-corrected chi connectivity index (χ1v) is 19.2. The van der Waals surface area contributed by atoms with E-state index in [1.54, 1.807) is 51.1 Å². The summed E-state index contributed by atoms with van der Waals surface area (Å²) in [5, 5.41) is 26.3. The number of carbonyl (C=O) groups is 4. The summed E-state index contributed by atoms with van der Waals surface area (Å²) in [5.74, 6) is -3.62. The minimum absolute atomic E-state index is 0.000967. The van der Waals surface area contributed by atoms with E-state index in [2.05, 4.69) is 20.7 Å². The molecule has 5 aromatic rings. The van der Waals surface area contributed by atoms with Gasteiger partial charge in [-0.1, -0.05) is 0 Å². The molecule has 3 aromatic heterocycles. The predicted molar refractivity (Wildman–Crippen MR) is 204 cm³/mol. The first kappa shape index (κ1) is 37.9. The van der Waals surface area contributed by atoms with Gasteiger partial charge in [0.1, 0.15) is 23.1 Å². The Hall–Kier alpha value is -5.97. The van der Waals surface area contributed by atoms with E-state index >= 15 is 8.78 Å². The number of aliphatic hydroxyl groups is 1. The van der Waals surface area contributed by atoms with E-state index in [4.69, 9.17) is 9.84 Å². The maximum absolute atomic E-state index is 15.3. The van der Waals surface area contributed by atoms with Crippen molar-refractivity contribution < 1.29 is 37.8 Å². The van der Waals surface area contributed by atoms with Crippen LogP contribution in [0.15, 0.2) is 55.1 Å². The molecule has 298 valence electrons. The van der Waals surface area contributed by atoms with Crippen LogP contribution in [-0.4, -0.2) is 95.9 Å². The van der Waals surface area contributed by atoms with Crippen molar-refractivity contribution in [3.8, 4) is 5.75 Å². The van der Waals surface area contributed by atoms with Crippen molar-refractivity contribution >= 4 is 51.6 Å². The number of hydrogen-bond donors (Lipinski definition) is 3. The van der Waals surface area contributed by atoms with Crippen LogP contribution in [0.5, 0.6) is 5.75 Å². The summed E-state index contributed by atoms with van der Waals surface area (Å²) in [7, 11) is 0. The van der Waals surface area contributed by atoms with Crippen LogP contribution in [0.3, 0.4) is 0 Å². The average Bonchev–Trinajstić information content (AvgIpc) is 3.79. The lowest BCUT2D eigenvalue weighted by atomic mass is 9.86. The number of carbonyl (C=O) groups excluding carboxylic acids is 4. The molecule has 3 saturated heterocycles. The molecule has 1 unspecified atom stereocenters. The maximum atomic E-state index is 15.3. The van der Waals surface area contributed by atoms with Gasteiger partial charge in [-0.15, -0.1) is 0 Å². The molecule has 4 amide bonds. The molecule has 8 rings (SSSR count). The van der Waals surface area contributed by atoms with E-state index in [1.807, 2.05) is 24.7 Å². The molecule has 6 heterocycles. The van der Waals surface area contributed by atoms with E-state index in [-0.39, 0.29) is 80.4 Å². The maximum Gasteiger partial charge on any atom is 0.259 e. The monoisotopic (exact) mass is 783 g/mol. The highest BCUT2D eigenvalue weighted by Gasteiger charge is 2.38. The molecule has 17 heteroatoms. The van der Waals surface area contributed by atoms with E-state index in [0.29, 0.717) is 54.1 Å². The number of piperidine rings is 3. The van der Waals surface area contributed by atoms with Crippen LogP contribution in [0.4, 0.5) is 20.2 Å². The predicted octanol–water partition coefficient (Wildman–Crippen LogP) is 4.50. The number of amides is 4. The van der Waals surface area contributed by atoms with Crippen LogP contribution in [0, 0.1) is 11.6 Å². The molecule has 3 aliphatic rings. The summed E-state index contributed by atoms with van der Waals surface area (Å²) in [5.41, 5.74) is 0.617. The van der Waals surface area contributed by atoms with Gasteiger partial charge in [-0.25, -0.2) is 18.3 Å². The van der Waals surface area contributed by atoms with Crippen molar-refractivity contribution in [3.63, 3.8) is 0 Å². The molecule has 0 radical (unpaired) electrons. The number of imide groups is 1. The third-order valence-electron chi connectivity index (χ3n) is 11.1. The Labute approximate surface area is 326 Å². The second-order valence-electron chi connectivity index (χ2n) is 15.4. The largest absolute Gasteiger partial charge is 0.490 e. The summed E-state index contributed by atoms with van der Waals surface area (Å²) in [6.07, 6.45) is 8.32. The summed E-state index contributed by atoms with van der Waals surface area (Å²) in [6.45, 7) is 5.11. The normalized spacial score (nSPS) is 19.0. The highest BCUT2D eigenvalue weighted by molar-refractivity contribution is 6.09. The fourth-order valence-electron chi connectivity index (χ4n) is 8.06. The molecule has 3 fully saturated rings. The Balaban J connectivity index is 0.878. The number of anilines is 2. The van der Waals surface area contributed by atoms with Crippen molar-refractivity contribution in [2.24, 2.45) is 0 Å². The molecule has 0 saturated carbocycles. The molecular formula is C40H43F2N9O6.